The van der Waals surface area contributed by atoms with Crippen LogP contribution in [0.2, 0.25) is 0 Å². The van der Waals surface area contributed by atoms with Crippen molar-refractivity contribution < 1.29 is 22.7 Å². The molecule has 1 aromatic rings. The van der Waals surface area contributed by atoms with E-state index in [9.17, 15) is 18.0 Å². The summed E-state index contributed by atoms with van der Waals surface area (Å²) in [4.78, 5) is 12.0. The van der Waals surface area contributed by atoms with E-state index in [2.05, 4.69) is 10.6 Å². The number of amides is 1. The quantitative estimate of drug-likeness (QED) is 0.594. The predicted octanol–water partition coefficient (Wildman–Crippen LogP) is 4.28. The number of carbonyl (C=O) groups excluding carboxylic acids is 1. The number of thioether (sulfide) groups is 1. The number of halogens is 3. The minimum absolute atomic E-state index is 0.299. The molecule has 0 aromatic heterocycles. The Hall–Kier alpha value is -1.57. The van der Waals surface area contributed by atoms with Gasteiger partial charge in [-0.3, -0.25) is 0 Å². The van der Waals surface area contributed by atoms with Crippen molar-refractivity contribution in [3.8, 4) is 0 Å². The van der Waals surface area contributed by atoms with Crippen LogP contribution >= 0.6 is 11.8 Å². The van der Waals surface area contributed by atoms with Crippen LogP contribution in [0.5, 0.6) is 0 Å². The maximum atomic E-state index is 12.3. The monoisotopic (exact) mass is 350 g/mol. The first-order chi connectivity index (χ1) is 10.6. The number of alkyl carbamates (subject to hydrolysis) is 1. The van der Waals surface area contributed by atoms with Gasteiger partial charge in [-0.05, 0) is 32.9 Å². The Labute approximate surface area is 138 Å². The Morgan fingerprint density at radius 1 is 1.17 bits per heavy atom. The molecule has 0 fully saturated rings. The number of rotatable bonds is 6. The Balaban J connectivity index is 2.42. The van der Waals surface area contributed by atoms with Crippen LogP contribution in [0.3, 0.4) is 0 Å². The van der Waals surface area contributed by atoms with Gasteiger partial charge in [0.2, 0.25) is 0 Å². The summed E-state index contributed by atoms with van der Waals surface area (Å²) in [5.74, 6) is -0.943. The van der Waals surface area contributed by atoms with Crippen LogP contribution in [-0.2, 0) is 4.74 Å². The summed E-state index contributed by atoms with van der Waals surface area (Å²) in [7, 11) is 0. The predicted molar refractivity (Wildman–Crippen MR) is 85.9 cm³/mol. The Morgan fingerprint density at radius 3 is 2.43 bits per heavy atom. The van der Waals surface area contributed by atoms with Gasteiger partial charge in [0, 0.05) is 23.7 Å². The molecular formula is C15H21F3N2O2S. The van der Waals surface area contributed by atoms with E-state index in [1.165, 1.54) is 0 Å². The fourth-order valence-electron chi connectivity index (χ4n) is 1.57. The van der Waals surface area contributed by atoms with Gasteiger partial charge in [-0.2, -0.15) is 13.2 Å². The van der Waals surface area contributed by atoms with Gasteiger partial charge >= 0.3 is 12.3 Å². The van der Waals surface area contributed by atoms with Crippen molar-refractivity contribution in [1.29, 1.82) is 0 Å². The number of para-hydroxylation sites is 1. The van der Waals surface area contributed by atoms with Gasteiger partial charge in [-0.1, -0.05) is 12.1 Å². The molecule has 0 unspecified atom stereocenters. The van der Waals surface area contributed by atoms with E-state index in [4.69, 9.17) is 4.74 Å². The highest BCUT2D eigenvalue weighted by atomic mass is 32.2. The lowest BCUT2D eigenvalue weighted by molar-refractivity contribution is -0.105. The van der Waals surface area contributed by atoms with E-state index in [1.807, 2.05) is 0 Å². The Morgan fingerprint density at radius 2 is 1.83 bits per heavy atom. The summed E-state index contributed by atoms with van der Waals surface area (Å²) in [6.45, 7) is 5.97. The lowest BCUT2D eigenvalue weighted by Crippen LogP contribution is -2.35. The van der Waals surface area contributed by atoms with E-state index >= 15 is 0 Å². The minimum atomic E-state index is -4.21. The van der Waals surface area contributed by atoms with Crippen molar-refractivity contribution in [3.63, 3.8) is 0 Å². The van der Waals surface area contributed by atoms with Crippen molar-refractivity contribution in [2.75, 3.05) is 24.2 Å². The van der Waals surface area contributed by atoms with Gasteiger partial charge in [0.15, 0.2) is 0 Å². The van der Waals surface area contributed by atoms with Gasteiger partial charge in [0.05, 0.1) is 5.75 Å². The zero-order valence-electron chi connectivity index (χ0n) is 13.3. The fraction of sp³-hybridized carbons (Fsp3) is 0.533. The van der Waals surface area contributed by atoms with E-state index in [0.29, 0.717) is 23.7 Å². The molecule has 0 aliphatic rings. The molecule has 0 saturated carbocycles. The lowest BCUT2D eigenvalue weighted by atomic mass is 10.2. The summed E-state index contributed by atoms with van der Waals surface area (Å²) in [5, 5.41) is 5.58. The van der Waals surface area contributed by atoms with Gasteiger partial charge in [-0.15, -0.1) is 11.8 Å². The zero-order valence-corrected chi connectivity index (χ0v) is 14.1. The highest BCUT2D eigenvalue weighted by Gasteiger charge is 2.27. The third-order valence-electron chi connectivity index (χ3n) is 2.39. The zero-order chi connectivity index (χ0) is 17.5. The minimum Gasteiger partial charge on any atom is -0.444 e. The maximum absolute atomic E-state index is 12.3. The fourth-order valence-corrected chi connectivity index (χ4v) is 2.36. The molecule has 130 valence electrons. The number of hydrogen-bond donors (Lipinski definition) is 2. The Bertz CT molecular complexity index is 516. The molecule has 1 rings (SSSR count). The van der Waals surface area contributed by atoms with E-state index in [-0.39, 0.29) is 0 Å². The van der Waals surface area contributed by atoms with Crippen LogP contribution in [0.25, 0.3) is 0 Å². The van der Waals surface area contributed by atoms with Crippen molar-refractivity contribution in [1.82, 2.24) is 5.32 Å². The third kappa shape index (κ3) is 9.22. The molecule has 8 heteroatoms. The van der Waals surface area contributed by atoms with E-state index < -0.39 is 23.6 Å². The van der Waals surface area contributed by atoms with Gasteiger partial charge < -0.3 is 15.4 Å². The molecule has 0 heterocycles. The normalized spacial score (nSPS) is 11.9. The average Bonchev–Trinajstić information content (AvgIpc) is 2.39. The van der Waals surface area contributed by atoms with Crippen LogP contribution in [0.4, 0.5) is 23.7 Å². The second kappa shape index (κ2) is 8.33. The summed E-state index contributed by atoms with van der Waals surface area (Å²) in [6, 6.07) is 6.75. The number of anilines is 1. The SMILES string of the molecule is CC(C)(C)OC(=O)NCCNc1ccccc1SCC(F)(F)F. The van der Waals surface area contributed by atoms with Crippen molar-refractivity contribution in [2.24, 2.45) is 0 Å². The largest absolute Gasteiger partial charge is 0.444 e. The molecule has 4 nitrogen and oxygen atoms in total. The number of ether oxygens (including phenoxy) is 1. The molecule has 23 heavy (non-hydrogen) atoms. The molecule has 0 aliphatic carbocycles. The molecule has 0 aliphatic heterocycles. The van der Waals surface area contributed by atoms with Crippen LogP contribution in [-0.4, -0.2) is 36.7 Å². The number of alkyl halides is 3. The molecule has 0 saturated heterocycles. The van der Waals surface area contributed by atoms with Gasteiger partial charge in [0.25, 0.3) is 0 Å². The second-order valence-corrected chi connectivity index (χ2v) is 6.77. The molecule has 0 atom stereocenters. The van der Waals surface area contributed by atoms with E-state index in [0.717, 1.165) is 11.8 Å². The lowest BCUT2D eigenvalue weighted by Gasteiger charge is -2.20. The highest BCUT2D eigenvalue weighted by molar-refractivity contribution is 7.99. The summed E-state index contributed by atoms with van der Waals surface area (Å²) in [5.41, 5.74) is 0.0333. The number of benzene rings is 1. The maximum Gasteiger partial charge on any atom is 0.407 e. The van der Waals surface area contributed by atoms with Crippen LogP contribution in [0.1, 0.15) is 20.8 Å². The van der Waals surface area contributed by atoms with E-state index in [1.54, 1.807) is 45.0 Å². The van der Waals surface area contributed by atoms with Crippen LogP contribution in [0.15, 0.2) is 29.2 Å². The third-order valence-corrected chi connectivity index (χ3v) is 3.53. The first-order valence-corrected chi connectivity index (χ1v) is 8.05. The molecular weight excluding hydrogens is 329 g/mol. The number of carbonyl (C=O) groups is 1. The first-order valence-electron chi connectivity index (χ1n) is 7.06. The molecule has 0 spiro atoms. The van der Waals surface area contributed by atoms with Crippen molar-refractivity contribution in [2.45, 2.75) is 37.4 Å². The van der Waals surface area contributed by atoms with Gasteiger partial charge in [-0.25, -0.2) is 4.79 Å². The summed E-state index contributed by atoms with van der Waals surface area (Å²) >= 11 is 0.727. The molecule has 1 amide bonds. The van der Waals surface area contributed by atoms with Crippen molar-refractivity contribution >= 4 is 23.5 Å². The smallest absolute Gasteiger partial charge is 0.407 e. The number of hydrogen-bond acceptors (Lipinski definition) is 4. The van der Waals surface area contributed by atoms with Gasteiger partial charge in [0.1, 0.15) is 5.60 Å². The first kappa shape index (κ1) is 19.5. The van der Waals surface area contributed by atoms with Crippen LogP contribution in [0, 0.1) is 0 Å². The van der Waals surface area contributed by atoms with Crippen molar-refractivity contribution in [3.05, 3.63) is 24.3 Å². The highest BCUT2D eigenvalue weighted by Crippen LogP contribution is 2.31. The number of nitrogens with one attached hydrogen (secondary N) is 2. The molecule has 1 aromatic carbocycles. The Kier molecular flexibility index (Phi) is 7.05. The molecule has 0 radical (unpaired) electrons. The summed E-state index contributed by atoms with van der Waals surface area (Å²) in [6.07, 6.45) is -4.74. The average molecular weight is 350 g/mol. The second-order valence-electron chi connectivity index (χ2n) is 5.76. The summed E-state index contributed by atoms with van der Waals surface area (Å²) < 4.78 is 42.0. The topological polar surface area (TPSA) is 50.4 Å². The molecule has 0 bridgehead atoms. The van der Waals surface area contributed by atoms with Crippen LogP contribution < -0.4 is 10.6 Å². The standard InChI is InChI=1S/C15H21F3N2O2S/c1-14(2,3)22-13(21)20-9-8-19-11-6-4-5-7-12(11)23-10-15(16,17)18/h4-7,19H,8-10H2,1-3H3,(H,20,21). The molecule has 2 N–H and O–H groups in total.